The van der Waals surface area contributed by atoms with Gasteiger partial charge >= 0.3 is 0 Å². The van der Waals surface area contributed by atoms with Crippen molar-refractivity contribution in [1.29, 1.82) is 0 Å². The Balaban J connectivity index is 2.60. The van der Waals surface area contributed by atoms with Crippen molar-refractivity contribution in [2.75, 3.05) is 0 Å². The number of aliphatic hydroxyl groups excluding tert-OH is 1. The molecule has 1 heteroatoms. The molecule has 1 nitrogen and oxygen atoms in total. The zero-order valence-electron chi connectivity index (χ0n) is 10.7. The maximum absolute atomic E-state index is 10.3. The molecule has 0 aromatic heterocycles. The van der Waals surface area contributed by atoms with Crippen molar-refractivity contribution in [3.8, 4) is 0 Å². The van der Waals surface area contributed by atoms with Crippen molar-refractivity contribution >= 4 is 0 Å². The third-order valence-electron chi connectivity index (χ3n) is 3.84. The molecule has 1 aliphatic carbocycles. The lowest BCUT2D eigenvalue weighted by molar-refractivity contribution is 0.0360. The minimum absolute atomic E-state index is 0.0916. The summed E-state index contributed by atoms with van der Waals surface area (Å²) in [4.78, 5) is 0. The number of allylic oxidation sites excluding steroid dienone is 2. The number of aliphatic hydroxyl groups is 1. The maximum atomic E-state index is 10.3. The van der Waals surface area contributed by atoms with Crippen LogP contribution in [0, 0.1) is 17.8 Å². The molecule has 88 valence electrons. The molecular weight excluding hydrogens is 184 g/mol. The van der Waals surface area contributed by atoms with Crippen molar-refractivity contribution in [3.63, 3.8) is 0 Å². The smallest absolute Gasteiger partial charge is 0.0599 e. The maximum Gasteiger partial charge on any atom is 0.0599 e. The molecule has 1 aliphatic rings. The first-order valence-corrected chi connectivity index (χ1v) is 6.43. The van der Waals surface area contributed by atoms with Gasteiger partial charge in [-0.15, -0.1) is 0 Å². The van der Waals surface area contributed by atoms with Crippen molar-refractivity contribution in [2.24, 2.45) is 17.8 Å². The highest BCUT2D eigenvalue weighted by molar-refractivity contribution is 5.07. The molecule has 3 unspecified atom stereocenters. The Labute approximate surface area is 94.6 Å². The fourth-order valence-corrected chi connectivity index (χ4v) is 3.01. The Morgan fingerprint density at radius 3 is 2.47 bits per heavy atom. The van der Waals surface area contributed by atoms with Gasteiger partial charge in [-0.25, -0.2) is 0 Å². The standard InChI is InChI=1S/C14H26O/c1-5-12(6-2)14(15)13-8-10(3)7-11(4)9-13/h7,10,12-15H,5-6,8-9H2,1-4H3. The van der Waals surface area contributed by atoms with Gasteiger partial charge in [0.15, 0.2) is 0 Å². The quantitative estimate of drug-likeness (QED) is 0.700. The van der Waals surface area contributed by atoms with Crippen LogP contribution in [0.5, 0.6) is 0 Å². The molecule has 1 rings (SSSR count). The van der Waals surface area contributed by atoms with E-state index in [1.54, 1.807) is 0 Å². The minimum atomic E-state index is -0.0916. The van der Waals surface area contributed by atoms with Crippen LogP contribution >= 0.6 is 0 Å². The molecule has 0 spiro atoms. The van der Waals surface area contributed by atoms with E-state index in [4.69, 9.17) is 0 Å². The lowest BCUT2D eigenvalue weighted by Gasteiger charge is -2.33. The average Bonchev–Trinajstić information content (AvgIpc) is 2.18. The number of hydrogen-bond donors (Lipinski definition) is 1. The average molecular weight is 210 g/mol. The zero-order valence-corrected chi connectivity index (χ0v) is 10.7. The second-order valence-electron chi connectivity index (χ2n) is 5.26. The predicted molar refractivity (Wildman–Crippen MR) is 65.7 cm³/mol. The van der Waals surface area contributed by atoms with E-state index in [0.29, 0.717) is 17.8 Å². The van der Waals surface area contributed by atoms with E-state index in [2.05, 4.69) is 33.8 Å². The number of hydrogen-bond acceptors (Lipinski definition) is 1. The lowest BCUT2D eigenvalue weighted by Crippen LogP contribution is -2.31. The summed E-state index contributed by atoms with van der Waals surface area (Å²) >= 11 is 0. The van der Waals surface area contributed by atoms with Crippen LogP contribution in [0.3, 0.4) is 0 Å². The van der Waals surface area contributed by atoms with Crippen LogP contribution in [0.1, 0.15) is 53.4 Å². The zero-order chi connectivity index (χ0) is 11.4. The van der Waals surface area contributed by atoms with Gasteiger partial charge in [0.2, 0.25) is 0 Å². The van der Waals surface area contributed by atoms with Gasteiger partial charge in [0.1, 0.15) is 0 Å². The van der Waals surface area contributed by atoms with E-state index in [1.165, 1.54) is 5.57 Å². The van der Waals surface area contributed by atoms with Gasteiger partial charge in [0.25, 0.3) is 0 Å². The third kappa shape index (κ3) is 3.34. The number of rotatable bonds is 4. The first kappa shape index (κ1) is 12.8. The summed E-state index contributed by atoms with van der Waals surface area (Å²) in [6.45, 7) is 8.83. The van der Waals surface area contributed by atoms with E-state index in [0.717, 1.165) is 25.7 Å². The summed E-state index contributed by atoms with van der Waals surface area (Å²) in [7, 11) is 0. The lowest BCUT2D eigenvalue weighted by atomic mass is 9.76. The molecule has 1 N–H and O–H groups in total. The fourth-order valence-electron chi connectivity index (χ4n) is 3.01. The van der Waals surface area contributed by atoms with Crippen molar-refractivity contribution in [2.45, 2.75) is 59.5 Å². The Bertz CT molecular complexity index is 215. The topological polar surface area (TPSA) is 20.2 Å². The molecule has 0 radical (unpaired) electrons. The Morgan fingerprint density at radius 2 is 2.00 bits per heavy atom. The third-order valence-corrected chi connectivity index (χ3v) is 3.84. The molecule has 0 bridgehead atoms. The summed E-state index contributed by atoms with van der Waals surface area (Å²) in [5.41, 5.74) is 1.46. The van der Waals surface area contributed by atoms with Gasteiger partial charge < -0.3 is 5.11 Å². The van der Waals surface area contributed by atoms with E-state index < -0.39 is 0 Å². The molecule has 15 heavy (non-hydrogen) atoms. The van der Waals surface area contributed by atoms with Crippen LogP contribution in [-0.4, -0.2) is 11.2 Å². The summed E-state index contributed by atoms with van der Waals surface area (Å²) < 4.78 is 0. The molecule has 3 atom stereocenters. The van der Waals surface area contributed by atoms with Crippen LogP contribution in [0.25, 0.3) is 0 Å². The van der Waals surface area contributed by atoms with E-state index in [1.807, 2.05) is 0 Å². The Hall–Kier alpha value is -0.300. The largest absolute Gasteiger partial charge is 0.393 e. The molecular formula is C14H26O. The van der Waals surface area contributed by atoms with Crippen LogP contribution < -0.4 is 0 Å². The highest BCUT2D eigenvalue weighted by atomic mass is 16.3. The summed E-state index contributed by atoms with van der Waals surface area (Å²) in [5.74, 6) is 1.63. The Kier molecular flexibility index (Phi) is 4.85. The fraction of sp³-hybridized carbons (Fsp3) is 0.857. The summed E-state index contributed by atoms with van der Waals surface area (Å²) in [6, 6.07) is 0. The molecule has 0 saturated carbocycles. The van der Waals surface area contributed by atoms with E-state index in [-0.39, 0.29) is 6.10 Å². The second kappa shape index (κ2) is 5.69. The predicted octanol–water partition coefficient (Wildman–Crippen LogP) is 3.78. The first-order chi connectivity index (χ1) is 7.08. The molecule has 0 fully saturated rings. The van der Waals surface area contributed by atoms with E-state index >= 15 is 0 Å². The first-order valence-electron chi connectivity index (χ1n) is 6.43. The van der Waals surface area contributed by atoms with Crippen molar-refractivity contribution < 1.29 is 5.11 Å². The summed E-state index contributed by atoms with van der Waals surface area (Å²) in [6.07, 6.45) is 6.73. The second-order valence-corrected chi connectivity index (χ2v) is 5.26. The summed E-state index contributed by atoms with van der Waals surface area (Å²) in [5, 5.41) is 10.3. The van der Waals surface area contributed by atoms with Crippen LogP contribution in [0.2, 0.25) is 0 Å². The molecule has 0 amide bonds. The molecule has 0 aliphatic heterocycles. The van der Waals surface area contributed by atoms with Crippen molar-refractivity contribution in [1.82, 2.24) is 0 Å². The highest BCUT2D eigenvalue weighted by Gasteiger charge is 2.28. The molecule has 0 saturated heterocycles. The minimum Gasteiger partial charge on any atom is -0.393 e. The van der Waals surface area contributed by atoms with Gasteiger partial charge in [0, 0.05) is 0 Å². The monoisotopic (exact) mass is 210 g/mol. The van der Waals surface area contributed by atoms with Gasteiger partial charge in [0.05, 0.1) is 6.10 Å². The molecule has 0 heterocycles. The van der Waals surface area contributed by atoms with Gasteiger partial charge in [-0.3, -0.25) is 0 Å². The van der Waals surface area contributed by atoms with Crippen LogP contribution in [0.15, 0.2) is 11.6 Å². The van der Waals surface area contributed by atoms with Gasteiger partial charge in [-0.05, 0) is 37.5 Å². The van der Waals surface area contributed by atoms with Gasteiger partial charge in [-0.2, -0.15) is 0 Å². The Morgan fingerprint density at radius 1 is 1.40 bits per heavy atom. The van der Waals surface area contributed by atoms with Crippen LogP contribution in [-0.2, 0) is 0 Å². The highest BCUT2D eigenvalue weighted by Crippen LogP contribution is 2.34. The van der Waals surface area contributed by atoms with Gasteiger partial charge in [-0.1, -0.05) is 45.3 Å². The molecule has 0 aromatic rings. The SMILES string of the molecule is CCC(CC)C(O)C1CC(C)=CC(C)C1. The van der Waals surface area contributed by atoms with Crippen molar-refractivity contribution in [3.05, 3.63) is 11.6 Å². The van der Waals surface area contributed by atoms with Crippen LogP contribution in [0.4, 0.5) is 0 Å². The van der Waals surface area contributed by atoms with E-state index in [9.17, 15) is 5.11 Å². The normalized spacial score (nSPS) is 29.1. The molecule has 0 aromatic carbocycles.